The summed E-state index contributed by atoms with van der Waals surface area (Å²) in [6.07, 6.45) is 7.20. The molecule has 0 aliphatic heterocycles. The average molecular weight is 465 g/mol. The van der Waals surface area contributed by atoms with Gasteiger partial charge < -0.3 is 16.4 Å². The van der Waals surface area contributed by atoms with Crippen LogP contribution in [0.15, 0.2) is 79.4 Å². The van der Waals surface area contributed by atoms with E-state index in [-0.39, 0.29) is 0 Å². The number of hydrogen-bond acceptors (Lipinski definition) is 9. The summed E-state index contributed by atoms with van der Waals surface area (Å²) in [7, 11) is 0. The highest BCUT2D eigenvalue weighted by Gasteiger charge is 2.07. The molecule has 0 saturated carbocycles. The molecule has 4 N–H and O–H groups in total. The first-order valence-electron chi connectivity index (χ1n) is 11.1. The van der Waals surface area contributed by atoms with Gasteiger partial charge in [-0.15, -0.1) is 0 Å². The summed E-state index contributed by atoms with van der Waals surface area (Å²) in [5, 5.41) is 10.8. The Labute approximate surface area is 202 Å². The Morgan fingerprint density at radius 1 is 0.829 bits per heavy atom. The van der Waals surface area contributed by atoms with E-state index in [0.29, 0.717) is 42.2 Å². The molecule has 0 aliphatic carbocycles. The number of anilines is 4. The third kappa shape index (κ3) is 5.45. The van der Waals surface area contributed by atoms with Gasteiger partial charge in [-0.05, 0) is 48.9 Å². The van der Waals surface area contributed by atoms with Gasteiger partial charge in [0.25, 0.3) is 0 Å². The van der Waals surface area contributed by atoms with Crippen LogP contribution in [0.4, 0.5) is 23.3 Å². The second-order valence-corrected chi connectivity index (χ2v) is 7.80. The normalized spacial score (nSPS) is 10.8. The van der Waals surface area contributed by atoms with Crippen LogP contribution in [0, 0.1) is 6.92 Å². The number of benzene rings is 1. The Morgan fingerprint density at radius 2 is 1.63 bits per heavy atom. The minimum Gasteiger partial charge on any atom is -0.329 e. The molecule has 5 rings (SSSR count). The highest BCUT2D eigenvalue weighted by Crippen LogP contribution is 2.23. The van der Waals surface area contributed by atoms with Crippen molar-refractivity contribution >= 4 is 23.3 Å². The highest BCUT2D eigenvalue weighted by atomic mass is 15.3. The van der Waals surface area contributed by atoms with Crippen LogP contribution in [0.25, 0.3) is 22.6 Å². The molecule has 4 heterocycles. The molecule has 0 fully saturated rings. The molecular formula is C25H24N10. The van der Waals surface area contributed by atoms with Crippen LogP contribution in [0.1, 0.15) is 5.69 Å². The van der Waals surface area contributed by atoms with Gasteiger partial charge in [0, 0.05) is 42.1 Å². The molecule has 174 valence electrons. The van der Waals surface area contributed by atoms with Crippen LogP contribution >= 0.6 is 0 Å². The van der Waals surface area contributed by atoms with Crippen molar-refractivity contribution in [2.24, 2.45) is 5.73 Å². The number of aryl methyl sites for hydroxylation is 1. The second-order valence-electron chi connectivity index (χ2n) is 7.80. The average Bonchev–Trinajstić information content (AvgIpc) is 3.34. The summed E-state index contributed by atoms with van der Waals surface area (Å²) < 4.78 is 1.84. The van der Waals surface area contributed by atoms with Gasteiger partial charge in [0.1, 0.15) is 17.3 Å². The monoisotopic (exact) mass is 464 g/mol. The van der Waals surface area contributed by atoms with Gasteiger partial charge >= 0.3 is 0 Å². The van der Waals surface area contributed by atoms with Crippen LogP contribution < -0.4 is 16.4 Å². The maximum atomic E-state index is 5.60. The fourth-order valence-corrected chi connectivity index (χ4v) is 3.48. The quantitative estimate of drug-likeness (QED) is 0.312. The molecule has 35 heavy (non-hydrogen) atoms. The van der Waals surface area contributed by atoms with Crippen LogP contribution in [-0.2, 0) is 6.54 Å². The fraction of sp³-hybridized carbons (Fsp3) is 0.120. The van der Waals surface area contributed by atoms with Crippen molar-refractivity contribution in [2.75, 3.05) is 17.2 Å². The predicted octanol–water partition coefficient (Wildman–Crippen LogP) is 3.95. The van der Waals surface area contributed by atoms with Crippen molar-refractivity contribution < 1.29 is 0 Å². The molecule has 0 amide bonds. The number of nitrogens with zero attached hydrogens (tertiary/aromatic N) is 7. The molecule has 0 spiro atoms. The molecule has 4 aromatic heterocycles. The van der Waals surface area contributed by atoms with Crippen molar-refractivity contribution in [3.8, 4) is 22.6 Å². The summed E-state index contributed by atoms with van der Waals surface area (Å²) in [6, 6.07) is 17.3. The van der Waals surface area contributed by atoms with E-state index in [2.05, 4.69) is 40.7 Å². The Balaban J connectivity index is 1.28. The van der Waals surface area contributed by atoms with E-state index in [1.165, 1.54) is 0 Å². The van der Waals surface area contributed by atoms with Crippen LogP contribution in [0.3, 0.4) is 0 Å². The number of nitrogens with two attached hydrogens (primary N) is 1. The summed E-state index contributed by atoms with van der Waals surface area (Å²) in [6.45, 7) is 3.19. The maximum Gasteiger partial charge on any atom is 0.229 e. The lowest BCUT2D eigenvalue weighted by Gasteiger charge is -2.09. The van der Waals surface area contributed by atoms with Crippen molar-refractivity contribution in [2.45, 2.75) is 13.5 Å². The molecule has 10 nitrogen and oxygen atoms in total. The Morgan fingerprint density at radius 3 is 2.43 bits per heavy atom. The maximum absolute atomic E-state index is 5.60. The zero-order chi connectivity index (χ0) is 24.0. The lowest BCUT2D eigenvalue weighted by Crippen LogP contribution is -2.09. The summed E-state index contributed by atoms with van der Waals surface area (Å²) in [4.78, 5) is 22.3. The van der Waals surface area contributed by atoms with Gasteiger partial charge in [0.15, 0.2) is 5.82 Å². The van der Waals surface area contributed by atoms with Crippen molar-refractivity contribution in [3.63, 3.8) is 0 Å². The zero-order valence-corrected chi connectivity index (χ0v) is 19.1. The number of nitrogens with one attached hydrogen (secondary N) is 2. The van der Waals surface area contributed by atoms with Crippen LogP contribution in [0.2, 0.25) is 0 Å². The molecule has 0 unspecified atom stereocenters. The Hall–Kier alpha value is -4.70. The SMILES string of the molecule is Cc1cccc(-c2nccc(Nc3ccnc(Nc4ccc(-c5cnn(CCN)c5)cc4)n3)n2)n1. The third-order valence-corrected chi connectivity index (χ3v) is 5.15. The Bertz CT molecular complexity index is 1430. The first kappa shape index (κ1) is 22.1. The van der Waals surface area contributed by atoms with E-state index >= 15 is 0 Å². The molecule has 0 radical (unpaired) electrons. The standard InChI is InChI=1S/C25H24N10/c1-17-3-2-4-21(30-17)24-27-12-9-22(33-24)32-23-10-13-28-25(34-23)31-20-7-5-18(6-8-20)19-15-29-35(16-19)14-11-26/h2-10,12-13,15-16H,11,14,26H2,1H3,(H2,27,28,31,32,33,34). The molecule has 10 heteroatoms. The predicted molar refractivity (Wildman–Crippen MR) is 135 cm³/mol. The van der Waals surface area contributed by atoms with Gasteiger partial charge in [-0.2, -0.15) is 10.1 Å². The van der Waals surface area contributed by atoms with Crippen molar-refractivity contribution in [3.05, 3.63) is 85.1 Å². The van der Waals surface area contributed by atoms with E-state index in [9.17, 15) is 0 Å². The van der Waals surface area contributed by atoms with Crippen LogP contribution in [-0.4, -0.2) is 41.2 Å². The first-order chi connectivity index (χ1) is 17.2. The van der Waals surface area contributed by atoms with Crippen LogP contribution in [0.5, 0.6) is 0 Å². The smallest absolute Gasteiger partial charge is 0.229 e. The van der Waals surface area contributed by atoms with E-state index in [4.69, 9.17) is 5.73 Å². The van der Waals surface area contributed by atoms with Crippen molar-refractivity contribution in [1.82, 2.24) is 34.7 Å². The summed E-state index contributed by atoms with van der Waals surface area (Å²) in [5.41, 5.74) is 10.2. The minimum atomic E-state index is 0.466. The van der Waals surface area contributed by atoms with E-state index in [1.54, 1.807) is 24.5 Å². The molecule has 0 bridgehead atoms. The van der Waals surface area contributed by atoms with Gasteiger partial charge in [0.2, 0.25) is 5.95 Å². The number of rotatable bonds is 8. The minimum absolute atomic E-state index is 0.466. The first-order valence-corrected chi connectivity index (χ1v) is 11.1. The molecular weight excluding hydrogens is 440 g/mol. The molecule has 5 aromatic rings. The van der Waals surface area contributed by atoms with E-state index in [0.717, 1.165) is 22.5 Å². The van der Waals surface area contributed by atoms with Gasteiger partial charge in [-0.1, -0.05) is 18.2 Å². The third-order valence-electron chi connectivity index (χ3n) is 5.15. The van der Waals surface area contributed by atoms with Gasteiger partial charge in [0.05, 0.1) is 12.7 Å². The topological polar surface area (TPSA) is 132 Å². The Kier molecular flexibility index (Phi) is 6.35. The lowest BCUT2D eigenvalue weighted by atomic mass is 10.1. The van der Waals surface area contributed by atoms with Gasteiger partial charge in [-0.3, -0.25) is 4.68 Å². The summed E-state index contributed by atoms with van der Waals surface area (Å²) in [5.74, 6) is 2.23. The molecule has 0 aliphatic rings. The van der Waals surface area contributed by atoms with Crippen molar-refractivity contribution in [1.29, 1.82) is 0 Å². The lowest BCUT2D eigenvalue weighted by molar-refractivity contribution is 0.625. The molecule has 0 saturated heterocycles. The van der Waals surface area contributed by atoms with E-state index < -0.39 is 0 Å². The number of hydrogen-bond donors (Lipinski definition) is 3. The summed E-state index contributed by atoms with van der Waals surface area (Å²) >= 11 is 0. The highest BCUT2D eigenvalue weighted by molar-refractivity contribution is 5.66. The molecule has 0 atom stereocenters. The van der Waals surface area contributed by atoms with E-state index in [1.807, 2.05) is 66.5 Å². The number of aromatic nitrogens is 7. The number of pyridine rings is 1. The van der Waals surface area contributed by atoms with Gasteiger partial charge in [-0.25, -0.2) is 19.9 Å². The zero-order valence-electron chi connectivity index (χ0n) is 19.1. The molecule has 1 aromatic carbocycles. The fourth-order valence-electron chi connectivity index (χ4n) is 3.48. The second kappa shape index (κ2) is 10.1. The largest absolute Gasteiger partial charge is 0.329 e.